The quantitative estimate of drug-likeness (QED) is 0.919. The van der Waals surface area contributed by atoms with Gasteiger partial charge in [-0.1, -0.05) is 20.8 Å². The maximum Gasteiger partial charge on any atom is 0.305 e. The molecule has 0 spiro atoms. The summed E-state index contributed by atoms with van der Waals surface area (Å²) in [6.45, 7) is 6.11. The Kier molecular flexibility index (Phi) is 3.98. The molecule has 1 aromatic heterocycles. The molecule has 2 aromatic rings. The van der Waals surface area contributed by atoms with Crippen LogP contribution in [0.25, 0.3) is 11.0 Å². The first-order chi connectivity index (χ1) is 9.76. The zero-order chi connectivity index (χ0) is 15.8. The topological polar surface area (TPSA) is 55.1 Å². The van der Waals surface area contributed by atoms with Gasteiger partial charge in [-0.2, -0.15) is 0 Å². The Hall–Kier alpha value is -1.98. The second kappa shape index (κ2) is 5.42. The minimum atomic E-state index is -0.958. The van der Waals surface area contributed by atoms with E-state index in [1.54, 1.807) is 4.57 Å². The minimum absolute atomic E-state index is 0.1000. The van der Waals surface area contributed by atoms with Gasteiger partial charge in [0.25, 0.3) is 0 Å². The third-order valence-corrected chi connectivity index (χ3v) is 3.83. The monoisotopic (exact) mass is 296 g/mol. The number of imidazole rings is 1. The van der Waals surface area contributed by atoms with Crippen molar-refractivity contribution in [2.75, 3.05) is 0 Å². The summed E-state index contributed by atoms with van der Waals surface area (Å²) < 4.78 is 28.5. The Morgan fingerprint density at radius 3 is 2.52 bits per heavy atom. The van der Waals surface area contributed by atoms with E-state index in [1.165, 1.54) is 0 Å². The lowest BCUT2D eigenvalue weighted by Gasteiger charge is -2.23. The molecule has 0 atom stereocenters. The smallest absolute Gasteiger partial charge is 0.305 e. The van der Waals surface area contributed by atoms with Gasteiger partial charge < -0.3 is 9.67 Å². The SMILES string of the molecule is CCC(C)(C)c1nc2cc(F)c(F)cc2n1CCC(=O)O. The molecule has 4 nitrogen and oxygen atoms in total. The van der Waals surface area contributed by atoms with Crippen LogP contribution in [0.4, 0.5) is 8.78 Å². The fourth-order valence-electron chi connectivity index (χ4n) is 2.23. The molecule has 0 fully saturated rings. The predicted octanol–water partition coefficient (Wildman–Crippen LogP) is 3.48. The number of carboxylic acids is 1. The molecular formula is C15H18F2N2O2. The fraction of sp³-hybridized carbons (Fsp3) is 0.467. The molecule has 1 N–H and O–H groups in total. The number of hydrogen-bond acceptors (Lipinski definition) is 2. The summed E-state index contributed by atoms with van der Waals surface area (Å²) in [7, 11) is 0. The molecule has 0 saturated heterocycles. The zero-order valence-electron chi connectivity index (χ0n) is 12.3. The average Bonchev–Trinajstić information content (AvgIpc) is 2.75. The van der Waals surface area contributed by atoms with Gasteiger partial charge in [0.15, 0.2) is 11.6 Å². The molecule has 0 aliphatic rings. The van der Waals surface area contributed by atoms with Crippen molar-refractivity contribution in [2.45, 2.75) is 45.6 Å². The number of carbonyl (C=O) groups is 1. The molecule has 0 saturated carbocycles. The van der Waals surface area contributed by atoms with Gasteiger partial charge in [0.05, 0.1) is 17.5 Å². The Morgan fingerprint density at radius 2 is 1.95 bits per heavy atom. The lowest BCUT2D eigenvalue weighted by molar-refractivity contribution is -0.137. The molecule has 21 heavy (non-hydrogen) atoms. The number of benzene rings is 1. The predicted molar refractivity (Wildman–Crippen MR) is 75.2 cm³/mol. The number of aliphatic carboxylic acids is 1. The van der Waals surface area contributed by atoms with Crippen molar-refractivity contribution in [1.82, 2.24) is 9.55 Å². The Morgan fingerprint density at radius 1 is 1.33 bits per heavy atom. The van der Waals surface area contributed by atoms with E-state index >= 15 is 0 Å². The number of aromatic nitrogens is 2. The molecule has 114 valence electrons. The first-order valence-corrected chi connectivity index (χ1v) is 6.84. The number of fused-ring (bicyclic) bond motifs is 1. The molecule has 1 aromatic carbocycles. The van der Waals surface area contributed by atoms with Gasteiger partial charge in [-0.05, 0) is 6.42 Å². The van der Waals surface area contributed by atoms with Crippen LogP contribution >= 0.6 is 0 Å². The Balaban J connectivity index is 2.65. The van der Waals surface area contributed by atoms with E-state index in [2.05, 4.69) is 4.98 Å². The number of halogens is 2. The van der Waals surface area contributed by atoms with Crippen LogP contribution in [0.1, 0.15) is 39.4 Å². The minimum Gasteiger partial charge on any atom is -0.481 e. The van der Waals surface area contributed by atoms with E-state index in [9.17, 15) is 13.6 Å². The normalized spacial score (nSPS) is 12.0. The van der Waals surface area contributed by atoms with Gasteiger partial charge >= 0.3 is 5.97 Å². The first kappa shape index (κ1) is 15.4. The van der Waals surface area contributed by atoms with Crippen LogP contribution in [-0.2, 0) is 16.8 Å². The van der Waals surface area contributed by atoms with Crippen LogP contribution in [0.2, 0.25) is 0 Å². The molecule has 6 heteroatoms. The molecule has 0 amide bonds. The zero-order valence-corrected chi connectivity index (χ0v) is 12.3. The highest BCUT2D eigenvalue weighted by molar-refractivity contribution is 5.77. The van der Waals surface area contributed by atoms with Crippen molar-refractivity contribution in [1.29, 1.82) is 0 Å². The van der Waals surface area contributed by atoms with Crippen molar-refractivity contribution in [3.63, 3.8) is 0 Å². The summed E-state index contributed by atoms with van der Waals surface area (Å²) in [6.07, 6.45) is 0.672. The molecule has 0 aliphatic carbocycles. The lowest BCUT2D eigenvalue weighted by atomic mass is 9.89. The lowest BCUT2D eigenvalue weighted by Crippen LogP contribution is -2.22. The summed E-state index contributed by atoms with van der Waals surface area (Å²) in [5.41, 5.74) is 0.451. The van der Waals surface area contributed by atoms with Gasteiger partial charge in [0.1, 0.15) is 5.82 Å². The fourth-order valence-corrected chi connectivity index (χ4v) is 2.23. The first-order valence-electron chi connectivity index (χ1n) is 6.84. The number of rotatable bonds is 5. The molecule has 2 rings (SSSR count). The van der Waals surface area contributed by atoms with Crippen LogP contribution in [0.5, 0.6) is 0 Å². The van der Waals surface area contributed by atoms with E-state index in [0.29, 0.717) is 16.9 Å². The van der Waals surface area contributed by atoms with Crippen molar-refractivity contribution in [3.8, 4) is 0 Å². The van der Waals surface area contributed by atoms with Crippen molar-refractivity contribution >= 4 is 17.0 Å². The van der Waals surface area contributed by atoms with Crippen LogP contribution in [-0.4, -0.2) is 20.6 Å². The van der Waals surface area contributed by atoms with Gasteiger partial charge in [-0.25, -0.2) is 13.8 Å². The number of carboxylic acid groups (broad SMARTS) is 1. The second-order valence-corrected chi connectivity index (χ2v) is 5.72. The summed E-state index contributed by atoms with van der Waals surface area (Å²) in [5, 5.41) is 8.87. The van der Waals surface area contributed by atoms with Gasteiger partial charge in [-0.15, -0.1) is 0 Å². The van der Waals surface area contributed by atoms with E-state index in [-0.39, 0.29) is 18.4 Å². The molecule has 0 unspecified atom stereocenters. The van der Waals surface area contributed by atoms with Crippen molar-refractivity contribution in [2.24, 2.45) is 0 Å². The maximum atomic E-state index is 13.5. The summed E-state index contributed by atoms with van der Waals surface area (Å²) in [6, 6.07) is 2.13. The number of nitrogens with zero attached hydrogens (tertiary/aromatic N) is 2. The van der Waals surface area contributed by atoms with E-state index in [4.69, 9.17) is 5.11 Å². The highest BCUT2D eigenvalue weighted by atomic mass is 19.2. The van der Waals surface area contributed by atoms with Crippen LogP contribution < -0.4 is 0 Å². The van der Waals surface area contributed by atoms with Crippen LogP contribution in [0, 0.1) is 11.6 Å². The number of aryl methyl sites for hydroxylation is 1. The van der Waals surface area contributed by atoms with Crippen LogP contribution in [0.15, 0.2) is 12.1 Å². The van der Waals surface area contributed by atoms with Crippen LogP contribution in [0.3, 0.4) is 0 Å². The highest BCUT2D eigenvalue weighted by Crippen LogP contribution is 2.30. The van der Waals surface area contributed by atoms with E-state index in [1.807, 2.05) is 20.8 Å². The third kappa shape index (κ3) is 2.89. The summed E-state index contributed by atoms with van der Waals surface area (Å²) >= 11 is 0. The van der Waals surface area contributed by atoms with Gasteiger partial charge in [0, 0.05) is 24.1 Å². The summed E-state index contributed by atoms with van der Waals surface area (Å²) in [4.78, 5) is 15.2. The summed E-state index contributed by atoms with van der Waals surface area (Å²) in [5.74, 6) is -2.21. The van der Waals surface area contributed by atoms with Gasteiger partial charge in [0.2, 0.25) is 0 Å². The molecular weight excluding hydrogens is 278 g/mol. The van der Waals surface area contributed by atoms with Crippen molar-refractivity contribution < 1.29 is 18.7 Å². The maximum absolute atomic E-state index is 13.5. The Bertz CT molecular complexity index is 693. The third-order valence-electron chi connectivity index (χ3n) is 3.83. The average molecular weight is 296 g/mol. The highest BCUT2D eigenvalue weighted by Gasteiger charge is 2.26. The van der Waals surface area contributed by atoms with Crippen molar-refractivity contribution in [3.05, 3.63) is 29.6 Å². The van der Waals surface area contributed by atoms with Gasteiger partial charge in [-0.3, -0.25) is 4.79 Å². The van der Waals surface area contributed by atoms with E-state index in [0.717, 1.165) is 18.6 Å². The largest absolute Gasteiger partial charge is 0.481 e. The molecule has 0 aliphatic heterocycles. The van der Waals surface area contributed by atoms with E-state index < -0.39 is 17.6 Å². The second-order valence-electron chi connectivity index (χ2n) is 5.72. The number of hydrogen-bond donors (Lipinski definition) is 1. The molecule has 0 bridgehead atoms. The molecule has 0 radical (unpaired) electrons. The Labute approximate surface area is 121 Å². The molecule has 1 heterocycles. The standard InChI is InChI=1S/C15H18F2N2O2/c1-4-15(2,3)14-18-11-7-9(16)10(17)8-12(11)19(14)6-5-13(20)21/h7-8H,4-6H2,1-3H3,(H,20,21).